The highest BCUT2D eigenvalue weighted by molar-refractivity contribution is 5.71. The van der Waals surface area contributed by atoms with E-state index in [4.69, 9.17) is 23.4 Å². The highest BCUT2D eigenvalue weighted by Gasteiger charge is 2.27. The van der Waals surface area contributed by atoms with Crippen LogP contribution in [0.3, 0.4) is 0 Å². The molecule has 0 amide bonds. The van der Waals surface area contributed by atoms with Gasteiger partial charge in [-0.2, -0.15) is 10.2 Å². The molecule has 0 radical (unpaired) electrons. The Morgan fingerprint density at radius 3 is 2.21 bits per heavy atom. The van der Waals surface area contributed by atoms with Gasteiger partial charge in [-0.15, -0.1) is 0 Å². The number of methoxy groups -OCH3 is 3. The van der Waals surface area contributed by atoms with Gasteiger partial charge >= 0.3 is 0 Å². The third kappa shape index (κ3) is 4.46. The lowest BCUT2D eigenvalue weighted by Crippen LogP contribution is -2.45. The van der Waals surface area contributed by atoms with Crippen molar-refractivity contribution in [1.29, 1.82) is 5.26 Å². The van der Waals surface area contributed by atoms with Crippen LogP contribution in [-0.2, 0) is 4.74 Å². The predicted octanol–water partition coefficient (Wildman–Crippen LogP) is 3.36. The van der Waals surface area contributed by atoms with Gasteiger partial charge in [0.1, 0.15) is 6.07 Å². The zero-order valence-corrected chi connectivity index (χ0v) is 17.3. The standard InChI is InChI=1S/C21H25N3O5/c1-13-11-24(12-14(2)28-13)21-16(10-22)23-19(29-21)7-6-15-8-17(25-3)20(27-5)18(9-15)26-4/h6-9,13-14H,11-12H2,1-5H3/b7-6+/t13-,14-/m1/s1. The lowest BCUT2D eigenvalue weighted by molar-refractivity contribution is -0.00642. The minimum Gasteiger partial charge on any atom is -0.493 e. The fourth-order valence-electron chi connectivity index (χ4n) is 3.40. The van der Waals surface area contributed by atoms with Crippen LogP contribution in [0.4, 0.5) is 5.88 Å². The van der Waals surface area contributed by atoms with Crippen molar-refractivity contribution in [2.24, 2.45) is 0 Å². The van der Waals surface area contributed by atoms with Crippen LogP contribution in [0.5, 0.6) is 17.2 Å². The minimum absolute atomic E-state index is 0.0496. The van der Waals surface area contributed by atoms with Crippen LogP contribution in [-0.4, -0.2) is 51.6 Å². The fraction of sp³-hybridized carbons (Fsp3) is 0.429. The van der Waals surface area contributed by atoms with Gasteiger partial charge in [-0.3, -0.25) is 0 Å². The summed E-state index contributed by atoms with van der Waals surface area (Å²) in [5, 5.41) is 9.47. The summed E-state index contributed by atoms with van der Waals surface area (Å²) in [6.07, 6.45) is 3.62. The molecule has 0 spiro atoms. The van der Waals surface area contributed by atoms with E-state index in [2.05, 4.69) is 11.1 Å². The number of anilines is 1. The second kappa shape index (κ2) is 8.88. The van der Waals surface area contributed by atoms with E-state index in [1.54, 1.807) is 27.4 Å². The molecule has 0 unspecified atom stereocenters. The van der Waals surface area contributed by atoms with Crippen LogP contribution in [0.2, 0.25) is 0 Å². The molecule has 0 saturated carbocycles. The van der Waals surface area contributed by atoms with Crippen LogP contribution >= 0.6 is 0 Å². The zero-order valence-electron chi connectivity index (χ0n) is 17.3. The fourth-order valence-corrected chi connectivity index (χ4v) is 3.40. The molecule has 2 aromatic rings. The monoisotopic (exact) mass is 399 g/mol. The van der Waals surface area contributed by atoms with Crippen LogP contribution in [0.1, 0.15) is 31.0 Å². The third-order valence-corrected chi connectivity index (χ3v) is 4.54. The van der Waals surface area contributed by atoms with E-state index in [0.29, 0.717) is 42.1 Å². The van der Waals surface area contributed by atoms with Crippen LogP contribution in [0.25, 0.3) is 12.2 Å². The van der Waals surface area contributed by atoms with Gasteiger partial charge in [-0.25, -0.2) is 0 Å². The van der Waals surface area contributed by atoms with E-state index in [0.717, 1.165) is 5.56 Å². The molecule has 29 heavy (non-hydrogen) atoms. The minimum atomic E-state index is 0.0496. The van der Waals surface area contributed by atoms with Crippen molar-refractivity contribution in [2.45, 2.75) is 26.1 Å². The van der Waals surface area contributed by atoms with Gasteiger partial charge in [-0.1, -0.05) is 0 Å². The molecule has 8 nitrogen and oxygen atoms in total. The van der Waals surface area contributed by atoms with Gasteiger partial charge in [0.25, 0.3) is 0 Å². The molecule has 1 aromatic carbocycles. The van der Waals surface area contributed by atoms with Crippen molar-refractivity contribution in [3.63, 3.8) is 0 Å². The van der Waals surface area contributed by atoms with Gasteiger partial charge < -0.3 is 28.3 Å². The van der Waals surface area contributed by atoms with Crippen LogP contribution < -0.4 is 19.1 Å². The Balaban J connectivity index is 1.88. The molecule has 2 atom stereocenters. The summed E-state index contributed by atoms with van der Waals surface area (Å²) < 4.78 is 27.7. The predicted molar refractivity (Wildman–Crippen MR) is 108 cm³/mol. The molecule has 1 aromatic heterocycles. The number of ether oxygens (including phenoxy) is 4. The Morgan fingerprint density at radius 2 is 1.69 bits per heavy atom. The van der Waals surface area contributed by atoms with Crippen LogP contribution in [0.15, 0.2) is 16.5 Å². The first-order valence-electron chi connectivity index (χ1n) is 9.28. The van der Waals surface area contributed by atoms with Gasteiger partial charge in [0.2, 0.25) is 23.2 Å². The lowest BCUT2D eigenvalue weighted by atomic mass is 10.1. The molecule has 0 N–H and O–H groups in total. The number of hydrogen-bond donors (Lipinski definition) is 0. The number of hydrogen-bond acceptors (Lipinski definition) is 8. The normalized spacial score (nSPS) is 19.2. The Morgan fingerprint density at radius 1 is 1.07 bits per heavy atom. The van der Waals surface area contributed by atoms with E-state index in [9.17, 15) is 5.26 Å². The van der Waals surface area contributed by atoms with Crippen molar-refractivity contribution in [3.05, 3.63) is 29.3 Å². The SMILES string of the molecule is COc1cc(/C=C/c2nc(C#N)c(N3C[C@@H](C)O[C@H](C)C3)o2)cc(OC)c1OC. The largest absolute Gasteiger partial charge is 0.493 e. The van der Waals surface area contributed by atoms with Gasteiger partial charge in [0.05, 0.1) is 33.5 Å². The number of aromatic nitrogens is 1. The van der Waals surface area contributed by atoms with E-state index >= 15 is 0 Å². The van der Waals surface area contributed by atoms with Gasteiger partial charge in [0.15, 0.2) is 11.5 Å². The van der Waals surface area contributed by atoms with E-state index in [1.165, 1.54) is 0 Å². The second-order valence-electron chi connectivity index (χ2n) is 6.77. The number of nitriles is 1. The third-order valence-electron chi connectivity index (χ3n) is 4.54. The summed E-state index contributed by atoms with van der Waals surface area (Å²) in [6.45, 7) is 5.28. The van der Waals surface area contributed by atoms with Crippen molar-refractivity contribution in [2.75, 3.05) is 39.3 Å². The Hall–Kier alpha value is -3.18. The number of nitrogens with zero attached hydrogens (tertiary/aromatic N) is 3. The summed E-state index contributed by atoms with van der Waals surface area (Å²) in [4.78, 5) is 6.30. The summed E-state index contributed by atoms with van der Waals surface area (Å²) in [6, 6.07) is 5.75. The van der Waals surface area contributed by atoms with E-state index in [-0.39, 0.29) is 17.9 Å². The highest BCUT2D eigenvalue weighted by atomic mass is 16.5. The first-order valence-corrected chi connectivity index (χ1v) is 9.28. The Bertz CT molecular complexity index is 896. The van der Waals surface area contributed by atoms with Crippen molar-refractivity contribution in [1.82, 2.24) is 4.98 Å². The lowest BCUT2D eigenvalue weighted by Gasteiger charge is -2.34. The quantitative estimate of drug-likeness (QED) is 0.730. The topological polar surface area (TPSA) is 90.0 Å². The van der Waals surface area contributed by atoms with E-state index in [1.807, 2.05) is 37.0 Å². The van der Waals surface area contributed by atoms with Gasteiger partial charge in [-0.05, 0) is 37.6 Å². The summed E-state index contributed by atoms with van der Waals surface area (Å²) in [5.74, 6) is 2.44. The second-order valence-corrected chi connectivity index (χ2v) is 6.77. The molecule has 1 saturated heterocycles. The van der Waals surface area contributed by atoms with Crippen molar-refractivity contribution < 1.29 is 23.4 Å². The zero-order chi connectivity index (χ0) is 21.0. The number of morpholine rings is 1. The maximum absolute atomic E-state index is 9.47. The average molecular weight is 399 g/mol. The Kier molecular flexibility index (Phi) is 6.29. The van der Waals surface area contributed by atoms with Gasteiger partial charge in [0, 0.05) is 19.2 Å². The molecule has 2 heterocycles. The number of benzene rings is 1. The summed E-state index contributed by atoms with van der Waals surface area (Å²) in [5.41, 5.74) is 1.07. The maximum atomic E-state index is 9.47. The van der Waals surface area contributed by atoms with Crippen LogP contribution in [0, 0.1) is 11.3 Å². The summed E-state index contributed by atoms with van der Waals surface area (Å²) >= 11 is 0. The molecular formula is C21H25N3O5. The molecule has 1 fully saturated rings. The molecule has 0 aliphatic carbocycles. The smallest absolute Gasteiger partial charge is 0.235 e. The van der Waals surface area contributed by atoms with E-state index < -0.39 is 0 Å². The average Bonchev–Trinajstić information content (AvgIpc) is 3.14. The molecule has 1 aliphatic rings. The first-order chi connectivity index (χ1) is 14.0. The molecular weight excluding hydrogens is 374 g/mol. The molecule has 154 valence electrons. The highest BCUT2D eigenvalue weighted by Crippen LogP contribution is 2.38. The molecule has 8 heteroatoms. The number of oxazole rings is 1. The maximum Gasteiger partial charge on any atom is 0.235 e. The number of rotatable bonds is 6. The summed E-state index contributed by atoms with van der Waals surface area (Å²) in [7, 11) is 4.68. The molecule has 1 aliphatic heterocycles. The first kappa shape index (κ1) is 20.6. The Labute approximate surface area is 170 Å². The molecule has 3 rings (SSSR count). The molecule has 0 bridgehead atoms. The van der Waals surface area contributed by atoms with Crippen molar-refractivity contribution in [3.8, 4) is 23.3 Å². The van der Waals surface area contributed by atoms with Crippen molar-refractivity contribution >= 4 is 18.0 Å².